The van der Waals surface area contributed by atoms with Crippen LogP contribution >= 0.6 is 23.4 Å². The van der Waals surface area contributed by atoms with Crippen molar-refractivity contribution in [2.45, 2.75) is 30.7 Å². The zero-order chi connectivity index (χ0) is 19.8. The van der Waals surface area contributed by atoms with Crippen molar-refractivity contribution in [3.8, 4) is 0 Å². The van der Waals surface area contributed by atoms with Gasteiger partial charge in [0.1, 0.15) is 11.7 Å². The first-order valence-corrected chi connectivity index (χ1v) is 9.44. The highest BCUT2D eigenvalue weighted by Crippen LogP contribution is 2.47. The van der Waals surface area contributed by atoms with Crippen LogP contribution in [0.4, 0.5) is 11.4 Å². The molecule has 0 bridgehead atoms. The van der Waals surface area contributed by atoms with Gasteiger partial charge < -0.3 is 15.0 Å². The third kappa shape index (κ3) is 3.86. The van der Waals surface area contributed by atoms with Crippen LogP contribution in [0.25, 0.3) is 0 Å². The van der Waals surface area contributed by atoms with Crippen molar-refractivity contribution in [3.63, 3.8) is 0 Å². The first-order valence-electron chi connectivity index (χ1n) is 8.08. The van der Waals surface area contributed by atoms with Gasteiger partial charge in [0.25, 0.3) is 11.6 Å². The van der Waals surface area contributed by atoms with Gasteiger partial charge in [0.15, 0.2) is 6.61 Å². The topological polar surface area (TPSA) is 119 Å². The number of hydrogen-bond acceptors (Lipinski definition) is 7. The van der Waals surface area contributed by atoms with Gasteiger partial charge in [-0.2, -0.15) is 0 Å². The van der Waals surface area contributed by atoms with Gasteiger partial charge in [-0.3, -0.25) is 19.7 Å². The fourth-order valence-corrected chi connectivity index (χ4v) is 4.76. The summed E-state index contributed by atoms with van der Waals surface area (Å²) in [6.45, 7) is 1.29. The van der Waals surface area contributed by atoms with E-state index >= 15 is 0 Å². The second kappa shape index (κ2) is 7.35. The number of nitro groups is 1. The maximum absolute atomic E-state index is 12.3. The number of carbonyl (C=O) groups is 3. The molecule has 2 aliphatic heterocycles. The van der Waals surface area contributed by atoms with Crippen LogP contribution in [0.1, 0.15) is 19.8 Å². The number of nitrogens with one attached hydrogen (secondary N) is 1. The van der Waals surface area contributed by atoms with Gasteiger partial charge in [0.05, 0.1) is 9.79 Å². The quantitative estimate of drug-likeness (QED) is 0.446. The Hall–Kier alpha value is -2.33. The van der Waals surface area contributed by atoms with Crippen molar-refractivity contribution in [1.82, 2.24) is 4.90 Å². The normalized spacial score (nSPS) is 23.9. The zero-order valence-corrected chi connectivity index (χ0v) is 15.8. The number of halogens is 1. The molecule has 0 aromatic heterocycles. The second-order valence-corrected chi connectivity index (χ2v) is 8.28. The summed E-state index contributed by atoms with van der Waals surface area (Å²) in [5, 5.41) is 13.5. The van der Waals surface area contributed by atoms with E-state index in [0.29, 0.717) is 18.6 Å². The van der Waals surface area contributed by atoms with Crippen LogP contribution < -0.4 is 5.32 Å². The number of anilines is 1. The summed E-state index contributed by atoms with van der Waals surface area (Å²) in [4.78, 5) is 47.8. The lowest BCUT2D eigenvalue weighted by molar-refractivity contribution is -0.383. The summed E-state index contributed by atoms with van der Waals surface area (Å²) in [5.74, 6) is -1.09. The molecule has 1 N–H and O–H groups in total. The smallest absolute Gasteiger partial charge is 0.330 e. The molecule has 0 aliphatic carbocycles. The number of thioether (sulfide) groups is 1. The lowest BCUT2D eigenvalue weighted by atomic mass is 10.2. The van der Waals surface area contributed by atoms with Crippen molar-refractivity contribution >= 4 is 52.5 Å². The highest BCUT2D eigenvalue weighted by molar-refractivity contribution is 8.01. The molecular formula is C16H16ClN3O6S. The lowest BCUT2D eigenvalue weighted by Crippen LogP contribution is -2.47. The molecule has 144 valence electrons. The molecule has 0 saturated carbocycles. The summed E-state index contributed by atoms with van der Waals surface area (Å²) in [5.41, 5.74) is -0.419. The Balaban J connectivity index is 1.59. The Bertz CT molecular complexity index is 834. The minimum Gasteiger partial charge on any atom is -0.454 e. The monoisotopic (exact) mass is 413 g/mol. The number of esters is 1. The number of amides is 2. The average Bonchev–Trinajstić information content (AvgIpc) is 3.10. The van der Waals surface area contributed by atoms with E-state index in [9.17, 15) is 24.5 Å². The molecule has 0 unspecified atom stereocenters. The Morgan fingerprint density at radius 2 is 2.26 bits per heavy atom. The molecule has 11 heteroatoms. The highest BCUT2D eigenvalue weighted by Gasteiger charge is 2.53. The van der Waals surface area contributed by atoms with E-state index in [1.54, 1.807) is 0 Å². The van der Waals surface area contributed by atoms with Crippen molar-refractivity contribution < 1.29 is 24.0 Å². The van der Waals surface area contributed by atoms with Crippen molar-refractivity contribution in [3.05, 3.63) is 33.3 Å². The van der Waals surface area contributed by atoms with Gasteiger partial charge in [0, 0.05) is 23.3 Å². The second-order valence-electron chi connectivity index (χ2n) is 6.34. The number of hydrogen-bond donors (Lipinski definition) is 1. The SMILES string of the molecule is C[C@@]12CCC(=O)N1[C@H](C(=O)OCC(=O)Nc1ccc(Cl)cc1[N+](=O)[O-])CS2. The third-order valence-corrected chi connectivity index (χ3v) is 6.23. The average molecular weight is 414 g/mol. The Labute approximate surface area is 163 Å². The minimum absolute atomic E-state index is 0.0517. The van der Waals surface area contributed by atoms with Gasteiger partial charge in [-0.15, -0.1) is 11.8 Å². The third-order valence-electron chi connectivity index (χ3n) is 4.49. The first kappa shape index (κ1) is 19.4. The molecule has 2 atom stereocenters. The maximum Gasteiger partial charge on any atom is 0.330 e. The van der Waals surface area contributed by atoms with Gasteiger partial charge in [0.2, 0.25) is 5.91 Å². The number of ether oxygens (including phenoxy) is 1. The van der Waals surface area contributed by atoms with E-state index in [0.717, 1.165) is 6.07 Å². The minimum atomic E-state index is -0.729. The first-order chi connectivity index (χ1) is 12.7. The Morgan fingerprint density at radius 1 is 1.52 bits per heavy atom. The molecule has 2 heterocycles. The van der Waals surface area contributed by atoms with E-state index in [-0.39, 0.29) is 22.3 Å². The molecule has 2 amide bonds. The van der Waals surface area contributed by atoms with E-state index < -0.39 is 34.3 Å². The molecule has 1 aromatic rings. The molecule has 9 nitrogen and oxygen atoms in total. The number of rotatable bonds is 5. The molecule has 2 saturated heterocycles. The van der Waals surface area contributed by atoms with Crippen LogP contribution in [0.2, 0.25) is 5.02 Å². The van der Waals surface area contributed by atoms with E-state index in [2.05, 4.69) is 5.32 Å². The molecule has 0 radical (unpaired) electrons. The number of nitrogens with zero attached hydrogens (tertiary/aromatic N) is 2. The Morgan fingerprint density at radius 3 is 2.96 bits per heavy atom. The number of nitro benzene ring substituents is 1. The fourth-order valence-electron chi connectivity index (χ4n) is 3.18. The van der Waals surface area contributed by atoms with Crippen LogP contribution in [0.5, 0.6) is 0 Å². The molecule has 0 spiro atoms. The zero-order valence-electron chi connectivity index (χ0n) is 14.3. The fraction of sp³-hybridized carbons (Fsp3) is 0.438. The Kier molecular flexibility index (Phi) is 5.29. The summed E-state index contributed by atoms with van der Waals surface area (Å²) in [6, 6.07) is 3.07. The van der Waals surface area contributed by atoms with Gasteiger partial charge >= 0.3 is 5.97 Å². The number of carbonyl (C=O) groups excluding carboxylic acids is 3. The molecular weight excluding hydrogens is 398 g/mol. The van der Waals surface area contributed by atoms with E-state index in [4.69, 9.17) is 16.3 Å². The molecule has 2 aliphatic rings. The van der Waals surface area contributed by atoms with Gasteiger partial charge in [-0.1, -0.05) is 11.6 Å². The number of fused-ring (bicyclic) bond motifs is 1. The largest absolute Gasteiger partial charge is 0.454 e. The van der Waals surface area contributed by atoms with Crippen molar-refractivity contribution in [1.29, 1.82) is 0 Å². The lowest BCUT2D eigenvalue weighted by Gasteiger charge is -2.29. The maximum atomic E-state index is 12.3. The van der Waals surface area contributed by atoms with Gasteiger partial charge in [-0.25, -0.2) is 4.79 Å². The van der Waals surface area contributed by atoms with Crippen LogP contribution in [-0.2, 0) is 19.1 Å². The van der Waals surface area contributed by atoms with Crippen LogP contribution in [0.3, 0.4) is 0 Å². The summed E-state index contributed by atoms with van der Waals surface area (Å²) < 4.78 is 5.03. The number of benzene rings is 1. The standard InChI is InChI=1S/C16H16ClN3O6S/c1-16-5-4-14(22)19(16)12(8-27-16)15(23)26-7-13(21)18-10-3-2-9(17)6-11(10)20(24)25/h2-3,6,12H,4-5,7-8H2,1H3,(H,18,21)/t12-,16+/m0/s1. The van der Waals surface area contributed by atoms with E-state index in [1.807, 2.05) is 6.92 Å². The predicted molar refractivity (Wildman–Crippen MR) is 98.4 cm³/mol. The summed E-state index contributed by atoms with van der Waals surface area (Å²) in [7, 11) is 0. The van der Waals surface area contributed by atoms with E-state index in [1.165, 1.54) is 28.8 Å². The predicted octanol–water partition coefficient (Wildman–Crippen LogP) is 2.18. The summed E-state index contributed by atoms with van der Waals surface area (Å²) in [6.07, 6.45) is 1.05. The van der Waals surface area contributed by atoms with Gasteiger partial charge in [-0.05, 0) is 25.5 Å². The summed E-state index contributed by atoms with van der Waals surface area (Å²) >= 11 is 7.23. The van der Waals surface area contributed by atoms with Crippen molar-refractivity contribution in [2.24, 2.45) is 0 Å². The molecule has 3 rings (SSSR count). The van der Waals surface area contributed by atoms with Crippen LogP contribution in [0, 0.1) is 10.1 Å². The molecule has 27 heavy (non-hydrogen) atoms. The highest BCUT2D eigenvalue weighted by atomic mass is 35.5. The molecule has 1 aromatic carbocycles. The van der Waals surface area contributed by atoms with Crippen LogP contribution in [0.15, 0.2) is 18.2 Å². The van der Waals surface area contributed by atoms with Crippen LogP contribution in [-0.4, -0.2) is 50.9 Å². The molecule has 2 fully saturated rings. The van der Waals surface area contributed by atoms with Crippen molar-refractivity contribution in [2.75, 3.05) is 17.7 Å².